The van der Waals surface area contributed by atoms with Gasteiger partial charge in [0.05, 0.1) is 6.61 Å². The van der Waals surface area contributed by atoms with E-state index in [0.717, 1.165) is 12.8 Å². The standard InChI is InChI=1S/C12H27O4P/c1-3-5-8-12(9-6-4-2)10-7-11-16-17(13,14)15/h12H,3-11H2,1-2H3,(H2,13,14,15). The van der Waals surface area contributed by atoms with Crippen molar-refractivity contribution < 1.29 is 18.9 Å². The summed E-state index contributed by atoms with van der Waals surface area (Å²) in [6.07, 6.45) is 9.12. The van der Waals surface area contributed by atoms with Gasteiger partial charge in [0.2, 0.25) is 0 Å². The van der Waals surface area contributed by atoms with E-state index in [2.05, 4.69) is 18.4 Å². The average molecular weight is 266 g/mol. The molecule has 0 aliphatic heterocycles. The van der Waals surface area contributed by atoms with Gasteiger partial charge in [-0.25, -0.2) is 4.57 Å². The molecule has 0 atom stereocenters. The molecule has 0 amide bonds. The van der Waals surface area contributed by atoms with Crippen molar-refractivity contribution in [3.05, 3.63) is 0 Å². The van der Waals surface area contributed by atoms with E-state index in [0.29, 0.717) is 5.92 Å². The quantitative estimate of drug-likeness (QED) is 0.440. The molecule has 0 aromatic rings. The molecule has 0 heterocycles. The summed E-state index contributed by atoms with van der Waals surface area (Å²) in [5.74, 6) is 0.690. The number of phosphoric ester groups is 1. The minimum atomic E-state index is -4.27. The number of phosphoric acid groups is 1. The highest BCUT2D eigenvalue weighted by Gasteiger charge is 2.14. The Hall–Kier alpha value is 0.110. The molecule has 0 saturated heterocycles. The maximum atomic E-state index is 10.5. The Balaban J connectivity index is 3.70. The van der Waals surface area contributed by atoms with E-state index in [1.807, 2.05) is 0 Å². The van der Waals surface area contributed by atoms with Gasteiger partial charge in [0, 0.05) is 0 Å². The molecule has 0 spiro atoms. The summed E-state index contributed by atoms with van der Waals surface area (Å²) in [7, 11) is -4.27. The summed E-state index contributed by atoms with van der Waals surface area (Å²) in [6, 6.07) is 0. The van der Waals surface area contributed by atoms with Crippen molar-refractivity contribution in [1.82, 2.24) is 0 Å². The van der Waals surface area contributed by atoms with Crippen LogP contribution in [0, 0.1) is 5.92 Å². The van der Waals surface area contributed by atoms with E-state index in [1.54, 1.807) is 0 Å². The van der Waals surface area contributed by atoms with Crippen molar-refractivity contribution in [2.45, 2.75) is 65.2 Å². The molecule has 0 aliphatic rings. The first kappa shape index (κ1) is 17.1. The second-order valence-electron chi connectivity index (χ2n) is 4.62. The molecular formula is C12H27O4P. The Kier molecular flexibility index (Phi) is 10.1. The highest BCUT2D eigenvalue weighted by Crippen LogP contribution is 2.36. The summed E-state index contributed by atoms with van der Waals surface area (Å²) in [6.45, 7) is 4.54. The van der Waals surface area contributed by atoms with Crippen LogP contribution in [-0.4, -0.2) is 16.4 Å². The second-order valence-corrected chi connectivity index (χ2v) is 5.86. The van der Waals surface area contributed by atoms with E-state index in [1.165, 1.54) is 38.5 Å². The predicted octanol–water partition coefficient (Wildman–Crippen LogP) is 3.87. The van der Waals surface area contributed by atoms with Gasteiger partial charge < -0.3 is 9.79 Å². The van der Waals surface area contributed by atoms with Crippen LogP contribution in [0.3, 0.4) is 0 Å². The van der Waals surface area contributed by atoms with Crippen molar-refractivity contribution in [3.63, 3.8) is 0 Å². The Labute approximate surface area is 105 Å². The van der Waals surface area contributed by atoms with Crippen molar-refractivity contribution in [2.75, 3.05) is 6.61 Å². The van der Waals surface area contributed by atoms with E-state index < -0.39 is 7.82 Å². The zero-order valence-electron chi connectivity index (χ0n) is 11.1. The van der Waals surface area contributed by atoms with Gasteiger partial charge in [-0.1, -0.05) is 52.4 Å². The molecule has 0 saturated carbocycles. The van der Waals surface area contributed by atoms with Crippen LogP contribution in [0.1, 0.15) is 65.2 Å². The van der Waals surface area contributed by atoms with Crippen LogP contribution in [0.5, 0.6) is 0 Å². The maximum Gasteiger partial charge on any atom is 0.469 e. The molecular weight excluding hydrogens is 239 g/mol. The normalized spacial score (nSPS) is 12.3. The third kappa shape index (κ3) is 12.4. The van der Waals surface area contributed by atoms with Gasteiger partial charge in [-0.05, 0) is 18.8 Å². The van der Waals surface area contributed by atoms with Crippen molar-refractivity contribution in [3.8, 4) is 0 Å². The lowest BCUT2D eigenvalue weighted by Gasteiger charge is -2.16. The van der Waals surface area contributed by atoms with Crippen LogP contribution >= 0.6 is 7.82 Å². The topological polar surface area (TPSA) is 66.8 Å². The first-order valence-electron chi connectivity index (χ1n) is 6.69. The molecule has 17 heavy (non-hydrogen) atoms. The molecule has 4 nitrogen and oxygen atoms in total. The van der Waals surface area contributed by atoms with Crippen molar-refractivity contribution in [1.29, 1.82) is 0 Å². The molecule has 5 heteroatoms. The van der Waals surface area contributed by atoms with Crippen LogP contribution in [0.4, 0.5) is 0 Å². The van der Waals surface area contributed by atoms with Gasteiger partial charge in [-0.15, -0.1) is 0 Å². The van der Waals surface area contributed by atoms with E-state index in [-0.39, 0.29) is 6.61 Å². The van der Waals surface area contributed by atoms with Crippen LogP contribution in [0.2, 0.25) is 0 Å². The third-order valence-electron chi connectivity index (χ3n) is 2.95. The summed E-state index contributed by atoms with van der Waals surface area (Å²) >= 11 is 0. The molecule has 0 rings (SSSR count). The molecule has 0 aromatic heterocycles. The minimum absolute atomic E-state index is 0.166. The van der Waals surface area contributed by atoms with Gasteiger partial charge in [-0.3, -0.25) is 4.52 Å². The summed E-state index contributed by atoms with van der Waals surface area (Å²) < 4.78 is 14.9. The first-order chi connectivity index (χ1) is 7.99. The lowest BCUT2D eigenvalue weighted by Crippen LogP contribution is -2.03. The van der Waals surface area contributed by atoms with Gasteiger partial charge in [-0.2, -0.15) is 0 Å². The Bertz CT molecular complexity index is 207. The zero-order chi connectivity index (χ0) is 13.1. The highest BCUT2D eigenvalue weighted by molar-refractivity contribution is 7.46. The Morgan fingerprint density at radius 1 is 1.00 bits per heavy atom. The lowest BCUT2D eigenvalue weighted by molar-refractivity contribution is 0.188. The Morgan fingerprint density at radius 3 is 1.88 bits per heavy atom. The fraction of sp³-hybridized carbons (Fsp3) is 1.00. The molecule has 0 aliphatic carbocycles. The number of unbranched alkanes of at least 4 members (excludes halogenated alkanes) is 2. The Morgan fingerprint density at radius 2 is 1.47 bits per heavy atom. The summed E-state index contributed by atoms with van der Waals surface area (Å²) in [5.41, 5.74) is 0. The van der Waals surface area contributed by atoms with Crippen molar-refractivity contribution >= 4 is 7.82 Å². The van der Waals surface area contributed by atoms with E-state index in [9.17, 15) is 4.57 Å². The van der Waals surface area contributed by atoms with Crippen LogP contribution in [0.15, 0.2) is 0 Å². The van der Waals surface area contributed by atoms with E-state index in [4.69, 9.17) is 9.79 Å². The van der Waals surface area contributed by atoms with Gasteiger partial charge >= 0.3 is 7.82 Å². The predicted molar refractivity (Wildman–Crippen MR) is 69.8 cm³/mol. The molecule has 0 radical (unpaired) electrons. The van der Waals surface area contributed by atoms with E-state index >= 15 is 0 Å². The minimum Gasteiger partial charge on any atom is -0.303 e. The number of hydrogen-bond acceptors (Lipinski definition) is 2. The monoisotopic (exact) mass is 266 g/mol. The molecule has 0 bridgehead atoms. The first-order valence-corrected chi connectivity index (χ1v) is 8.22. The van der Waals surface area contributed by atoms with Crippen LogP contribution < -0.4 is 0 Å². The maximum absolute atomic E-state index is 10.5. The second kappa shape index (κ2) is 10.1. The van der Waals surface area contributed by atoms with Gasteiger partial charge in [0.1, 0.15) is 0 Å². The fourth-order valence-electron chi connectivity index (χ4n) is 1.97. The number of rotatable bonds is 11. The number of hydrogen-bond donors (Lipinski definition) is 2. The van der Waals surface area contributed by atoms with Crippen LogP contribution in [-0.2, 0) is 9.09 Å². The smallest absolute Gasteiger partial charge is 0.303 e. The average Bonchev–Trinajstić information content (AvgIpc) is 2.25. The zero-order valence-corrected chi connectivity index (χ0v) is 12.0. The molecule has 0 fully saturated rings. The molecule has 0 unspecified atom stereocenters. The largest absolute Gasteiger partial charge is 0.469 e. The van der Waals surface area contributed by atoms with Crippen LogP contribution in [0.25, 0.3) is 0 Å². The third-order valence-corrected chi connectivity index (χ3v) is 3.47. The molecule has 0 aromatic carbocycles. The molecule has 104 valence electrons. The highest BCUT2D eigenvalue weighted by atomic mass is 31.2. The molecule has 2 N–H and O–H groups in total. The fourth-order valence-corrected chi connectivity index (χ4v) is 2.34. The summed E-state index contributed by atoms with van der Waals surface area (Å²) in [5, 5.41) is 0. The SMILES string of the molecule is CCCCC(CCCC)CCCOP(=O)(O)O. The lowest BCUT2D eigenvalue weighted by atomic mass is 9.92. The summed E-state index contributed by atoms with van der Waals surface area (Å²) in [4.78, 5) is 17.1. The van der Waals surface area contributed by atoms with Gasteiger partial charge in [0.25, 0.3) is 0 Å². The van der Waals surface area contributed by atoms with Gasteiger partial charge in [0.15, 0.2) is 0 Å². The van der Waals surface area contributed by atoms with Crippen molar-refractivity contribution in [2.24, 2.45) is 5.92 Å².